The molecule has 0 amide bonds. The Balaban J connectivity index is 1.77. The number of aryl methyl sites for hydroxylation is 2. The molecule has 1 aromatic heterocycles. The van der Waals surface area contributed by atoms with Gasteiger partial charge in [0.15, 0.2) is 17.3 Å². The Labute approximate surface area is 181 Å². The largest absolute Gasteiger partial charge is 0.504 e. The Morgan fingerprint density at radius 3 is 2.65 bits per heavy atom. The van der Waals surface area contributed by atoms with Crippen molar-refractivity contribution in [2.75, 3.05) is 12.4 Å². The number of carbonyl (C=O) groups is 1. The van der Waals surface area contributed by atoms with E-state index < -0.39 is 5.92 Å². The summed E-state index contributed by atoms with van der Waals surface area (Å²) in [6.45, 7) is 4.01. The second-order valence-electron chi connectivity index (χ2n) is 8.22. The number of ketones is 1. The van der Waals surface area contributed by atoms with Gasteiger partial charge in [-0.3, -0.25) is 4.79 Å². The maximum atomic E-state index is 13.1. The number of ether oxygens (including phenoxy) is 1. The normalized spacial score (nSPS) is 17.8. The maximum absolute atomic E-state index is 13.1. The van der Waals surface area contributed by atoms with Gasteiger partial charge in [-0.05, 0) is 44.9 Å². The van der Waals surface area contributed by atoms with Crippen LogP contribution in [0.15, 0.2) is 53.7 Å². The minimum absolute atomic E-state index is 0.0653. The third-order valence-electron chi connectivity index (χ3n) is 6.25. The van der Waals surface area contributed by atoms with Crippen molar-refractivity contribution in [1.82, 2.24) is 9.78 Å². The topological polar surface area (TPSA) is 76.4 Å². The van der Waals surface area contributed by atoms with E-state index in [-0.39, 0.29) is 11.5 Å². The lowest BCUT2D eigenvalue weighted by Crippen LogP contribution is -2.27. The van der Waals surface area contributed by atoms with Gasteiger partial charge in [0.05, 0.1) is 18.5 Å². The van der Waals surface area contributed by atoms with E-state index in [9.17, 15) is 9.90 Å². The average Bonchev–Trinajstić information content (AvgIpc) is 3.09. The third kappa shape index (κ3) is 3.02. The van der Waals surface area contributed by atoms with Gasteiger partial charge in [0.1, 0.15) is 5.82 Å². The summed E-state index contributed by atoms with van der Waals surface area (Å²) in [6, 6.07) is 13.6. The molecule has 1 atom stereocenters. The number of benzene rings is 2. The van der Waals surface area contributed by atoms with Crippen molar-refractivity contribution in [2.45, 2.75) is 39.0 Å². The summed E-state index contributed by atoms with van der Waals surface area (Å²) in [6.07, 6.45) is 2.12. The molecule has 1 aliphatic heterocycles. The fraction of sp³-hybridized carbons (Fsp3) is 0.280. The summed E-state index contributed by atoms with van der Waals surface area (Å²) >= 11 is 0. The molecule has 2 aromatic carbocycles. The number of fused-ring (bicyclic) bond motifs is 1. The molecule has 2 heterocycles. The van der Waals surface area contributed by atoms with E-state index in [1.54, 1.807) is 6.07 Å². The number of carbonyl (C=O) groups excluding carboxylic acids is 1. The predicted octanol–water partition coefficient (Wildman–Crippen LogP) is 4.77. The van der Waals surface area contributed by atoms with Gasteiger partial charge < -0.3 is 15.2 Å². The number of phenolic OH excluding ortho intramolecular Hbond substituents is 1. The first-order chi connectivity index (χ1) is 15.0. The summed E-state index contributed by atoms with van der Waals surface area (Å²) in [5.41, 5.74) is 6.17. The molecule has 6 heteroatoms. The highest BCUT2D eigenvalue weighted by Gasteiger charge is 2.40. The van der Waals surface area contributed by atoms with Crippen LogP contribution >= 0.6 is 0 Å². The Bertz CT molecular complexity index is 1220. The van der Waals surface area contributed by atoms with Crippen LogP contribution in [0.1, 0.15) is 47.6 Å². The van der Waals surface area contributed by atoms with Gasteiger partial charge in [0.25, 0.3) is 0 Å². The number of Topliss-reactive ketones (excluding diaryl/α,β-unsaturated/α-hetero) is 1. The number of allylic oxidation sites excluding steroid dienone is 2. The van der Waals surface area contributed by atoms with E-state index >= 15 is 0 Å². The van der Waals surface area contributed by atoms with Crippen molar-refractivity contribution in [3.05, 3.63) is 76.1 Å². The van der Waals surface area contributed by atoms with Crippen LogP contribution in [0.4, 0.5) is 5.82 Å². The summed E-state index contributed by atoms with van der Waals surface area (Å²) in [7, 11) is 1.53. The first kappa shape index (κ1) is 19.4. The number of methoxy groups -OCH3 is 1. The molecule has 0 saturated carbocycles. The number of nitrogens with one attached hydrogen (secondary N) is 1. The van der Waals surface area contributed by atoms with E-state index in [1.165, 1.54) is 12.7 Å². The van der Waals surface area contributed by atoms with Crippen molar-refractivity contribution in [3.8, 4) is 17.2 Å². The van der Waals surface area contributed by atoms with Gasteiger partial charge in [-0.2, -0.15) is 5.10 Å². The fourth-order valence-corrected chi connectivity index (χ4v) is 4.74. The number of para-hydroxylation sites is 1. The quantitative estimate of drug-likeness (QED) is 0.645. The van der Waals surface area contributed by atoms with Crippen LogP contribution < -0.4 is 10.1 Å². The number of nitrogens with zero attached hydrogens (tertiary/aromatic N) is 2. The van der Waals surface area contributed by atoms with Crippen molar-refractivity contribution in [1.29, 1.82) is 0 Å². The minimum Gasteiger partial charge on any atom is -0.504 e. The van der Waals surface area contributed by atoms with E-state index in [0.29, 0.717) is 17.7 Å². The Morgan fingerprint density at radius 2 is 1.90 bits per heavy atom. The van der Waals surface area contributed by atoms with Crippen LogP contribution in [0.2, 0.25) is 0 Å². The van der Waals surface area contributed by atoms with Gasteiger partial charge in [-0.1, -0.05) is 29.8 Å². The highest BCUT2D eigenvalue weighted by molar-refractivity contribution is 6.01. The zero-order valence-corrected chi connectivity index (χ0v) is 17.9. The number of hydrogen-bond donors (Lipinski definition) is 2. The second kappa shape index (κ2) is 7.30. The number of aromatic nitrogens is 2. The Morgan fingerprint density at radius 1 is 1.13 bits per heavy atom. The molecule has 1 aliphatic carbocycles. The van der Waals surface area contributed by atoms with Crippen molar-refractivity contribution in [3.63, 3.8) is 0 Å². The molecule has 3 aromatic rings. The Kier molecular flexibility index (Phi) is 4.58. The molecule has 2 aliphatic rings. The lowest BCUT2D eigenvalue weighted by atomic mass is 9.75. The van der Waals surface area contributed by atoms with Crippen LogP contribution in [-0.4, -0.2) is 27.8 Å². The van der Waals surface area contributed by atoms with Gasteiger partial charge in [0.2, 0.25) is 0 Å². The molecule has 0 saturated heterocycles. The molecule has 158 valence electrons. The van der Waals surface area contributed by atoms with Gasteiger partial charge in [-0.15, -0.1) is 0 Å². The smallest absolute Gasteiger partial charge is 0.161 e. The summed E-state index contributed by atoms with van der Waals surface area (Å²) in [4.78, 5) is 13.1. The summed E-state index contributed by atoms with van der Waals surface area (Å²) in [5, 5.41) is 19.3. The average molecular weight is 415 g/mol. The highest BCUT2D eigenvalue weighted by Crippen LogP contribution is 2.50. The third-order valence-corrected chi connectivity index (χ3v) is 6.25. The second-order valence-corrected chi connectivity index (χ2v) is 8.22. The van der Waals surface area contributed by atoms with Gasteiger partial charge >= 0.3 is 0 Å². The van der Waals surface area contributed by atoms with Crippen LogP contribution in [0, 0.1) is 13.8 Å². The molecular weight excluding hydrogens is 390 g/mol. The van der Waals surface area contributed by atoms with Crippen LogP contribution in [0.3, 0.4) is 0 Å². The molecular formula is C25H25N3O3. The zero-order valence-electron chi connectivity index (χ0n) is 17.9. The minimum atomic E-state index is -0.395. The number of anilines is 1. The molecule has 6 nitrogen and oxygen atoms in total. The van der Waals surface area contributed by atoms with Gasteiger partial charge in [0, 0.05) is 34.7 Å². The first-order valence-electron chi connectivity index (χ1n) is 10.5. The standard InChI is InChI=1S/C25H25N3O3/c1-14-10-12-16(13-11-14)28-25-21(15(2)27-28)22(17-6-4-9-20(31-3)24(17)30)23-18(26-25)7-5-8-19(23)29/h4,6,9-13,22,26,30H,5,7-8H2,1-3H3. The van der Waals surface area contributed by atoms with E-state index in [2.05, 4.69) is 24.4 Å². The molecule has 0 spiro atoms. The summed E-state index contributed by atoms with van der Waals surface area (Å²) in [5.74, 6) is 1.03. The molecule has 1 unspecified atom stereocenters. The zero-order chi connectivity index (χ0) is 21.7. The number of phenols is 1. The fourth-order valence-electron chi connectivity index (χ4n) is 4.74. The molecule has 0 fully saturated rings. The monoisotopic (exact) mass is 415 g/mol. The molecule has 0 radical (unpaired) electrons. The van der Waals surface area contributed by atoms with Crippen LogP contribution in [0.5, 0.6) is 11.5 Å². The van der Waals surface area contributed by atoms with E-state index in [4.69, 9.17) is 9.84 Å². The SMILES string of the molecule is COc1cccc(C2C3=C(CCCC3=O)Nc3c2c(C)nn3-c2ccc(C)cc2)c1O. The number of hydrogen-bond acceptors (Lipinski definition) is 5. The first-order valence-corrected chi connectivity index (χ1v) is 10.5. The molecule has 31 heavy (non-hydrogen) atoms. The Hall–Kier alpha value is -3.54. The number of aromatic hydroxyl groups is 1. The van der Waals surface area contributed by atoms with E-state index in [0.717, 1.165) is 46.9 Å². The van der Waals surface area contributed by atoms with E-state index in [1.807, 2.05) is 35.9 Å². The lowest BCUT2D eigenvalue weighted by molar-refractivity contribution is -0.116. The van der Waals surface area contributed by atoms with Crippen molar-refractivity contribution in [2.24, 2.45) is 0 Å². The van der Waals surface area contributed by atoms with Crippen molar-refractivity contribution >= 4 is 11.6 Å². The van der Waals surface area contributed by atoms with Crippen LogP contribution in [0.25, 0.3) is 5.69 Å². The van der Waals surface area contributed by atoms with Crippen molar-refractivity contribution < 1.29 is 14.6 Å². The predicted molar refractivity (Wildman–Crippen MR) is 119 cm³/mol. The number of rotatable bonds is 3. The maximum Gasteiger partial charge on any atom is 0.161 e. The lowest BCUT2D eigenvalue weighted by Gasteiger charge is -2.33. The summed E-state index contributed by atoms with van der Waals surface area (Å²) < 4.78 is 7.26. The van der Waals surface area contributed by atoms with Gasteiger partial charge in [-0.25, -0.2) is 4.68 Å². The molecule has 0 bridgehead atoms. The van der Waals surface area contributed by atoms with Crippen LogP contribution in [-0.2, 0) is 4.79 Å². The molecule has 5 rings (SSSR count). The molecule has 2 N–H and O–H groups in total. The highest BCUT2D eigenvalue weighted by atomic mass is 16.5.